The lowest BCUT2D eigenvalue weighted by Gasteiger charge is -2.26. The van der Waals surface area contributed by atoms with Gasteiger partial charge in [-0.1, -0.05) is 12.1 Å². The second-order valence-corrected chi connectivity index (χ2v) is 6.14. The summed E-state index contributed by atoms with van der Waals surface area (Å²) in [5.41, 5.74) is 8.08. The van der Waals surface area contributed by atoms with Gasteiger partial charge in [-0.15, -0.1) is 11.3 Å². The van der Waals surface area contributed by atoms with E-state index in [1.54, 1.807) is 4.88 Å². The van der Waals surface area contributed by atoms with Crippen molar-refractivity contribution in [2.45, 2.75) is 19.4 Å². The molecule has 1 aromatic heterocycles. The number of anilines is 1. The Bertz CT molecular complexity index is 567. The number of nitrogen functional groups attached to an aromatic ring is 1. The molecule has 3 rings (SSSR count). The number of rotatable bonds is 5. The zero-order chi connectivity index (χ0) is 13.8. The highest BCUT2D eigenvalue weighted by molar-refractivity contribution is 7.10. The molecule has 0 atom stereocenters. The first-order valence-electron chi connectivity index (χ1n) is 7.08. The van der Waals surface area contributed by atoms with Crippen molar-refractivity contribution in [2.75, 3.05) is 25.4 Å². The molecular weight excluding hydrogens is 268 g/mol. The number of nitrogens with zero attached hydrogens (tertiary/aromatic N) is 1. The van der Waals surface area contributed by atoms with Gasteiger partial charge >= 0.3 is 0 Å². The van der Waals surface area contributed by atoms with Gasteiger partial charge < -0.3 is 10.5 Å². The summed E-state index contributed by atoms with van der Waals surface area (Å²) >= 11 is 1.89. The Kier molecular flexibility index (Phi) is 4.23. The third kappa shape index (κ3) is 3.14. The van der Waals surface area contributed by atoms with Gasteiger partial charge in [0.25, 0.3) is 0 Å². The number of para-hydroxylation sites is 2. The first kappa shape index (κ1) is 13.5. The molecule has 1 aliphatic rings. The van der Waals surface area contributed by atoms with E-state index in [4.69, 9.17) is 10.5 Å². The molecule has 3 nitrogen and oxygen atoms in total. The average molecular weight is 288 g/mol. The molecule has 0 aliphatic carbocycles. The van der Waals surface area contributed by atoms with Gasteiger partial charge in [0.1, 0.15) is 5.75 Å². The Balaban J connectivity index is 1.42. The van der Waals surface area contributed by atoms with E-state index >= 15 is 0 Å². The van der Waals surface area contributed by atoms with Crippen molar-refractivity contribution in [3.63, 3.8) is 0 Å². The van der Waals surface area contributed by atoms with Crippen LogP contribution >= 0.6 is 11.3 Å². The topological polar surface area (TPSA) is 38.5 Å². The molecule has 0 saturated carbocycles. The molecule has 0 radical (unpaired) electrons. The number of ether oxygens (including phenoxy) is 1. The third-order valence-corrected chi connectivity index (χ3v) is 4.70. The SMILES string of the molecule is Nc1ccccc1OCCCN1CCc2sccc2C1. The van der Waals surface area contributed by atoms with E-state index in [0.29, 0.717) is 5.69 Å². The first-order valence-corrected chi connectivity index (χ1v) is 7.96. The summed E-state index contributed by atoms with van der Waals surface area (Å²) in [4.78, 5) is 4.07. The molecule has 0 unspecified atom stereocenters. The van der Waals surface area contributed by atoms with Crippen LogP contribution in [0.2, 0.25) is 0 Å². The summed E-state index contributed by atoms with van der Waals surface area (Å²) in [7, 11) is 0. The summed E-state index contributed by atoms with van der Waals surface area (Å²) in [5.74, 6) is 0.797. The number of hydrogen-bond donors (Lipinski definition) is 1. The molecule has 2 aromatic rings. The van der Waals surface area contributed by atoms with E-state index in [2.05, 4.69) is 16.3 Å². The van der Waals surface area contributed by atoms with Crippen molar-refractivity contribution in [2.24, 2.45) is 0 Å². The molecule has 2 heterocycles. The Hall–Kier alpha value is -1.52. The molecule has 2 N–H and O–H groups in total. The Morgan fingerprint density at radius 1 is 1.25 bits per heavy atom. The van der Waals surface area contributed by atoms with Crippen LogP contribution in [0.1, 0.15) is 16.9 Å². The van der Waals surface area contributed by atoms with E-state index in [0.717, 1.165) is 31.9 Å². The minimum absolute atomic E-state index is 0.716. The fourth-order valence-electron chi connectivity index (χ4n) is 2.58. The highest BCUT2D eigenvalue weighted by Gasteiger charge is 2.16. The van der Waals surface area contributed by atoms with Crippen LogP contribution in [0.5, 0.6) is 5.75 Å². The summed E-state index contributed by atoms with van der Waals surface area (Å²) in [6.45, 7) is 4.07. The van der Waals surface area contributed by atoms with Gasteiger partial charge in [0, 0.05) is 24.5 Å². The normalized spacial score (nSPS) is 15.0. The fraction of sp³-hybridized carbons (Fsp3) is 0.375. The molecule has 0 spiro atoms. The number of thiophene rings is 1. The van der Waals surface area contributed by atoms with Crippen molar-refractivity contribution in [3.8, 4) is 5.75 Å². The highest BCUT2D eigenvalue weighted by atomic mass is 32.1. The second-order valence-electron chi connectivity index (χ2n) is 5.14. The van der Waals surface area contributed by atoms with Crippen molar-refractivity contribution < 1.29 is 4.74 Å². The molecule has 1 aromatic carbocycles. The summed E-state index contributed by atoms with van der Waals surface area (Å²) < 4.78 is 5.73. The molecule has 0 bridgehead atoms. The van der Waals surface area contributed by atoms with E-state index in [9.17, 15) is 0 Å². The maximum atomic E-state index is 5.85. The van der Waals surface area contributed by atoms with Gasteiger partial charge in [0.15, 0.2) is 0 Å². The lowest BCUT2D eigenvalue weighted by atomic mass is 10.1. The minimum Gasteiger partial charge on any atom is -0.491 e. The van der Waals surface area contributed by atoms with Gasteiger partial charge in [-0.2, -0.15) is 0 Å². The first-order chi connectivity index (χ1) is 9.83. The lowest BCUT2D eigenvalue weighted by Crippen LogP contribution is -2.31. The van der Waals surface area contributed by atoms with Gasteiger partial charge in [-0.25, -0.2) is 0 Å². The maximum Gasteiger partial charge on any atom is 0.142 e. The molecule has 106 valence electrons. The predicted molar refractivity (Wildman–Crippen MR) is 84.3 cm³/mol. The van der Waals surface area contributed by atoms with E-state index in [-0.39, 0.29) is 0 Å². The van der Waals surface area contributed by atoms with Crippen LogP contribution in [0.25, 0.3) is 0 Å². The summed E-state index contributed by atoms with van der Waals surface area (Å²) in [5, 5.41) is 2.20. The van der Waals surface area contributed by atoms with Gasteiger partial charge in [0.05, 0.1) is 12.3 Å². The van der Waals surface area contributed by atoms with Crippen LogP contribution in [-0.4, -0.2) is 24.6 Å². The highest BCUT2D eigenvalue weighted by Crippen LogP contribution is 2.24. The van der Waals surface area contributed by atoms with Crippen LogP contribution in [0.3, 0.4) is 0 Å². The summed E-state index contributed by atoms with van der Waals surface area (Å²) in [6, 6.07) is 9.93. The van der Waals surface area contributed by atoms with Crippen molar-refractivity contribution >= 4 is 17.0 Å². The van der Waals surface area contributed by atoms with E-state index in [1.165, 1.54) is 18.5 Å². The molecule has 0 saturated heterocycles. The summed E-state index contributed by atoms with van der Waals surface area (Å²) in [6.07, 6.45) is 2.23. The van der Waals surface area contributed by atoms with Crippen LogP contribution < -0.4 is 10.5 Å². The Morgan fingerprint density at radius 3 is 3.05 bits per heavy atom. The molecular formula is C16H20N2OS. The molecule has 0 fully saturated rings. The monoisotopic (exact) mass is 288 g/mol. The third-order valence-electron chi connectivity index (χ3n) is 3.68. The van der Waals surface area contributed by atoms with Gasteiger partial charge in [-0.05, 0) is 42.0 Å². The number of fused-ring (bicyclic) bond motifs is 1. The van der Waals surface area contributed by atoms with Crippen molar-refractivity contribution in [3.05, 3.63) is 46.2 Å². The zero-order valence-corrected chi connectivity index (χ0v) is 12.4. The molecule has 4 heteroatoms. The fourth-order valence-corrected chi connectivity index (χ4v) is 3.47. The van der Waals surface area contributed by atoms with Crippen molar-refractivity contribution in [1.29, 1.82) is 0 Å². The molecule has 0 amide bonds. The smallest absolute Gasteiger partial charge is 0.142 e. The Morgan fingerprint density at radius 2 is 2.15 bits per heavy atom. The van der Waals surface area contributed by atoms with Crippen LogP contribution in [-0.2, 0) is 13.0 Å². The number of benzene rings is 1. The maximum absolute atomic E-state index is 5.85. The minimum atomic E-state index is 0.716. The van der Waals surface area contributed by atoms with Gasteiger partial charge in [-0.3, -0.25) is 4.90 Å². The number of nitrogens with two attached hydrogens (primary N) is 1. The Labute approximate surface area is 124 Å². The van der Waals surface area contributed by atoms with Crippen LogP contribution in [0.4, 0.5) is 5.69 Å². The van der Waals surface area contributed by atoms with Crippen molar-refractivity contribution in [1.82, 2.24) is 4.90 Å². The second kappa shape index (κ2) is 6.29. The molecule has 20 heavy (non-hydrogen) atoms. The zero-order valence-electron chi connectivity index (χ0n) is 11.5. The average Bonchev–Trinajstić information content (AvgIpc) is 2.93. The quantitative estimate of drug-likeness (QED) is 0.678. The van der Waals surface area contributed by atoms with Gasteiger partial charge in [0.2, 0.25) is 0 Å². The van der Waals surface area contributed by atoms with Crippen LogP contribution in [0, 0.1) is 0 Å². The van der Waals surface area contributed by atoms with E-state index in [1.807, 2.05) is 35.6 Å². The molecule has 1 aliphatic heterocycles. The largest absolute Gasteiger partial charge is 0.491 e. The van der Waals surface area contributed by atoms with Crippen LogP contribution in [0.15, 0.2) is 35.7 Å². The van der Waals surface area contributed by atoms with E-state index < -0.39 is 0 Å². The number of hydrogen-bond acceptors (Lipinski definition) is 4. The predicted octanol–water partition coefficient (Wildman–Crippen LogP) is 3.16. The standard InChI is InChI=1S/C16H20N2OS/c17-14-4-1-2-5-15(14)19-10-3-8-18-9-6-16-13(12-18)7-11-20-16/h1-2,4-5,7,11H,3,6,8-10,12,17H2. The lowest BCUT2D eigenvalue weighted by molar-refractivity contribution is 0.222.